The molecule has 0 aliphatic carbocycles. The second-order valence-electron chi connectivity index (χ2n) is 4.47. The van der Waals surface area contributed by atoms with Gasteiger partial charge in [0, 0.05) is 12.1 Å². The monoisotopic (exact) mass is 264 g/mol. The number of rotatable bonds is 5. The molecule has 0 radical (unpaired) electrons. The van der Waals surface area contributed by atoms with Crippen LogP contribution in [0.3, 0.4) is 0 Å². The Morgan fingerprint density at radius 1 is 1.37 bits per heavy atom. The Balaban J connectivity index is 1.91. The van der Waals surface area contributed by atoms with Crippen molar-refractivity contribution in [2.24, 2.45) is 5.73 Å². The van der Waals surface area contributed by atoms with Crippen LogP contribution >= 0.6 is 0 Å². The van der Waals surface area contributed by atoms with E-state index in [1.807, 2.05) is 24.3 Å². The second kappa shape index (κ2) is 7.23. The predicted molar refractivity (Wildman–Crippen MR) is 72.1 cm³/mol. The zero-order valence-electron chi connectivity index (χ0n) is 10.9. The maximum atomic E-state index is 12.1. The molecule has 1 heterocycles. The van der Waals surface area contributed by atoms with Crippen LogP contribution in [0.1, 0.15) is 15.9 Å². The normalized spacial score (nSPS) is 19.1. The van der Waals surface area contributed by atoms with Gasteiger partial charge in [-0.05, 0) is 24.6 Å². The lowest BCUT2D eigenvalue weighted by Crippen LogP contribution is -2.40. The van der Waals surface area contributed by atoms with E-state index in [1.54, 1.807) is 0 Å². The van der Waals surface area contributed by atoms with Gasteiger partial charge in [0.1, 0.15) is 0 Å². The Labute approximate surface area is 113 Å². The molecular weight excluding hydrogens is 244 g/mol. The second-order valence-corrected chi connectivity index (χ2v) is 4.47. The zero-order chi connectivity index (χ0) is 13.5. The van der Waals surface area contributed by atoms with E-state index in [0.717, 1.165) is 5.56 Å². The molecule has 2 rings (SSSR count). The van der Waals surface area contributed by atoms with Gasteiger partial charge in [-0.2, -0.15) is 0 Å². The van der Waals surface area contributed by atoms with Gasteiger partial charge in [-0.1, -0.05) is 18.2 Å². The van der Waals surface area contributed by atoms with Crippen LogP contribution in [0.2, 0.25) is 0 Å². The van der Waals surface area contributed by atoms with E-state index in [4.69, 9.17) is 15.2 Å². The number of carbonyl (C=O) groups is 1. The highest BCUT2D eigenvalue weighted by Crippen LogP contribution is 2.09. The summed E-state index contributed by atoms with van der Waals surface area (Å²) in [5.41, 5.74) is 7.21. The molecule has 1 aliphatic rings. The smallest absolute Gasteiger partial charge is 0.251 e. The Bertz CT molecular complexity index is 417. The fraction of sp³-hybridized carbons (Fsp3) is 0.500. The van der Waals surface area contributed by atoms with E-state index in [0.29, 0.717) is 44.9 Å². The minimum absolute atomic E-state index is 0.0561. The molecule has 1 saturated heterocycles. The van der Waals surface area contributed by atoms with Gasteiger partial charge in [0.05, 0.1) is 25.9 Å². The van der Waals surface area contributed by atoms with Crippen LogP contribution in [0.15, 0.2) is 24.3 Å². The average molecular weight is 264 g/mol. The van der Waals surface area contributed by atoms with Crippen LogP contribution in [-0.4, -0.2) is 44.9 Å². The van der Waals surface area contributed by atoms with Crippen molar-refractivity contribution in [1.82, 2.24) is 5.32 Å². The van der Waals surface area contributed by atoms with Gasteiger partial charge in [-0.25, -0.2) is 0 Å². The quantitative estimate of drug-likeness (QED) is 0.804. The molecule has 19 heavy (non-hydrogen) atoms. The molecule has 1 unspecified atom stereocenters. The Morgan fingerprint density at radius 2 is 2.21 bits per heavy atom. The zero-order valence-corrected chi connectivity index (χ0v) is 10.9. The third-order valence-corrected chi connectivity index (χ3v) is 3.05. The Kier molecular flexibility index (Phi) is 5.32. The third-order valence-electron chi connectivity index (χ3n) is 3.05. The molecule has 104 valence electrons. The highest BCUT2D eigenvalue weighted by atomic mass is 16.6. The van der Waals surface area contributed by atoms with Crippen LogP contribution in [0.5, 0.6) is 0 Å². The molecule has 5 heteroatoms. The van der Waals surface area contributed by atoms with Gasteiger partial charge in [-0.3, -0.25) is 4.79 Å². The molecule has 0 bridgehead atoms. The van der Waals surface area contributed by atoms with Crippen LogP contribution in [0.4, 0.5) is 0 Å². The van der Waals surface area contributed by atoms with Crippen molar-refractivity contribution in [2.45, 2.75) is 12.5 Å². The molecule has 0 spiro atoms. The number of hydrogen-bond acceptors (Lipinski definition) is 4. The molecule has 3 N–H and O–H groups in total. The van der Waals surface area contributed by atoms with E-state index >= 15 is 0 Å². The molecule has 1 aromatic carbocycles. The number of ether oxygens (including phenoxy) is 2. The highest BCUT2D eigenvalue weighted by molar-refractivity contribution is 5.95. The van der Waals surface area contributed by atoms with Crippen molar-refractivity contribution < 1.29 is 14.3 Å². The maximum absolute atomic E-state index is 12.1. The van der Waals surface area contributed by atoms with E-state index in [1.165, 1.54) is 0 Å². The van der Waals surface area contributed by atoms with Crippen molar-refractivity contribution in [3.05, 3.63) is 35.4 Å². The summed E-state index contributed by atoms with van der Waals surface area (Å²) < 4.78 is 10.8. The summed E-state index contributed by atoms with van der Waals surface area (Å²) in [4.78, 5) is 12.1. The summed E-state index contributed by atoms with van der Waals surface area (Å²) in [6, 6.07) is 7.52. The fourth-order valence-corrected chi connectivity index (χ4v) is 2.07. The number of nitrogens with one attached hydrogen (secondary N) is 1. The van der Waals surface area contributed by atoms with Crippen molar-refractivity contribution in [3.63, 3.8) is 0 Å². The molecule has 0 saturated carbocycles. The number of amides is 1. The summed E-state index contributed by atoms with van der Waals surface area (Å²) in [6.45, 7) is 2.75. The minimum atomic E-state index is -0.0850. The Morgan fingerprint density at radius 3 is 2.95 bits per heavy atom. The van der Waals surface area contributed by atoms with Crippen molar-refractivity contribution >= 4 is 5.91 Å². The predicted octanol–water partition coefficient (Wildman–Crippen LogP) is 0.333. The topological polar surface area (TPSA) is 73.6 Å². The van der Waals surface area contributed by atoms with Crippen LogP contribution in [0.25, 0.3) is 0 Å². The lowest BCUT2D eigenvalue weighted by atomic mass is 10.0. The Hall–Kier alpha value is -1.43. The number of nitrogens with two attached hydrogens (primary N) is 1. The summed E-state index contributed by atoms with van der Waals surface area (Å²) >= 11 is 0. The maximum Gasteiger partial charge on any atom is 0.251 e. The van der Waals surface area contributed by atoms with Gasteiger partial charge in [-0.15, -0.1) is 0 Å². The SMILES string of the molecule is NCCc1ccccc1C(=O)NCC1COCCO1. The van der Waals surface area contributed by atoms with E-state index in [2.05, 4.69) is 5.32 Å². The first-order valence-corrected chi connectivity index (χ1v) is 6.57. The molecule has 1 aliphatic heterocycles. The first kappa shape index (κ1) is 14.0. The molecule has 0 aromatic heterocycles. The number of benzene rings is 1. The lowest BCUT2D eigenvalue weighted by Gasteiger charge is -2.23. The number of carbonyl (C=O) groups excluding carboxylic acids is 1. The standard InChI is InChI=1S/C14H20N2O3/c15-6-5-11-3-1-2-4-13(11)14(17)16-9-12-10-18-7-8-19-12/h1-4,12H,5-10,15H2,(H,16,17). The van der Waals surface area contributed by atoms with E-state index in [-0.39, 0.29) is 12.0 Å². The van der Waals surface area contributed by atoms with E-state index in [9.17, 15) is 4.79 Å². The molecule has 1 aromatic rings. The largest absolute Gasteiger partial charge is 0.376 e. The van der Waals surface area contributed by atoms with Gasteiger partial charge in [0.2, 0.25) is 0 Å². The van der Waals surface area contributed by atoms with Crippen molar-refractivity contribution in [2.75, 3.05) is 32.9 Å². The van der Waals surface area contributed by atoms with Crippen LogP contribution in [-0.2, 0) is 15.9 Å². The van der Waals surface area contributed by atoms with Crippen molar-refractivity contribution in [3.8, 4) is 0 Å². The average Bonchev–Trinajstić information content (AvgIpc) is 2.47. The van der Waals surface area contributed by atoms with Gasteiger partial charge >= 0.3 is 0 Å². The van der Waals surface area contributed by atoms with Crippen molar-refractivity contribution in [1.29, 1.82) is 0 Å². The lowest BCUT2D eigenvalue weighted by molar-refractivity contribution is -0.0855. The van der Waals surface area contributed by atoms with Gasteiger partial charge in [0.25, 0.3) is 5.91 Å². The van der Waals surface area contributed by atoms with E-state index < -0.39 is 0 Å². The first-order chi connectivity index (χ1) is 9.31. The summed E-state index contributed by atoms with van der Waals surface area (Å²) in [5, 5.41) is 2.88. The molecule has 1 atom stereocenters. The van der Waals surface area contributed by atoms with Gasteiger partial charge in [0.15, 0.2) is 0 Å². The fourth-order valence-electron chi connectivity index (χ4n) is 2.07. The molecule has 1 amide bonds. The third kappa shape index (κ3) is 4.02. The highest BCUT2D eigenvalue weighted by Gasteiger charge is 2.16. The van der Waals surface area contributed by atoms with Crippen LogP contribution < -0.4 is 11.1 Å². The summed E-state index contributed by atoms with van der Waals surface area (Å²) in [6.07, 6.45) is 0.645. The molecule has 5 nitrogen and oxygen atoms in total. The number of hydrogen-bond donors (Lipinski definition) is 2. The molecular formula is C14H20N2O3. The molecule has 1 fully saturated rings. The van der Waals surface area contributed by atoms with Crippen LogP contribution in [0, 0.1) is 0 Å². The first-order valence-electron chi connectivity index (χ1n) is 6.57. The minimum Gasteiger partial charge on any atom is -0.376 e. The summed E-state index contributed by atoms with van der Waals surface area (Å²) in [7, 11) is 0. The summed E-state index contributed by atoms with van der Waals surface area (Å²) in [5.74, 6) is -0.0850. The van der Waals surface area contributed by atoms with Gasteiger partial charge < -0.3 is 20.5 Å².